The van der Waals surface area contributed by atoms with Gasteiger partial charge in [-0.05, 0) is 49.9 Å². The molecule has 27 heavy (non-hydrogen) atoms. The Bertz CT molecular complexity index is 741. The fraction of sp³-hybridized carbons (Fsp3) is 0.550. The molecule has 146 valence electrons. The lowest BCUT2D eigenvalue weighted by atomic mass is 9.97. The number of esters is 1. The predicted molar refractivity (Wildman–Crippen MR) is 102 cm³/mol. The number of amides is 3. The van der Waals surface area contributed by atoms with Gasteiger partial charge in [0.05, 0.1) is 19.1 Å². The summed E-state index contributed by atoms with van der Waals surface area (Å²) in [7, 11) is 1.39. The molecule has 2 heterocycles. The van der Waals surface area contributed by atoms with Gasteiger partial charge in [-0.3, -0.25) is 9.59 Å². The van der Waals surface area contributed by atoms with Gasteiger partial charge in [0.1, 0.15) is 0 Å². The van der Waals surface area contributed by atoms with Crippen molar-refractivity contribution in [3.8, 4) is 0 Å². The van der Waals surface area contributed by atoms with Crippen molar-refractivity contribution in [2.24, 2.45) is 5.92 Å². The van der Waals surface area contributed by atoms with Gasteiger partial charge in [0.25, 0.3) is 0 Å². The van der Waals surface area contributed by atoms with Crippen LogP contribution < -0.4 is 10.2 Å². The Morgan fingerprint density at radius 1 is 1.15 bits per heavy atom. The van der Waals surface area contributed by atoms with Crippen molar-refractivity contribution in [2.75, 3.05) is 31.6 Å². The normalized spacial score (nSPS) is 20.7. The molecule has 0 spiro atoms. The molecule has 2 saturated heterocycles. The molecule has 2 fully saturated rings. The highest BCUT2D eigenvalue weighted by atomic mass is 16.5. The number of carbonyl (C=O) groups excluding carboxylic acids is 3. The van der Waals surface area contributed by atoms with E-state index in [2.05, 4.69) is 5.32 Å². The van der Waals surface area contributed by atoms with E-state index in [1.807, 2.05) is 32.0 Å². The third kappa shape index (κ3) is 4.23. The number of anilines is 1. The first-order valence-corrected chi connectivity index (χ1v) is 9.40. The molecule has 0 bridgehead atoms. The number of piperidine rings is 1. The van der Waals surface area contributed by atoms with Gasteiger partial charge in [0.2, 0.25) is 5.91 Å². The molecule has 2 aliphatic heterocycles. The molecule has 0 aromatic heterocycles. The van der Waals surface area contributed by atoms with Gasteiger partial charge in [0, 0.05) is 31.7 Å². The summed E-state index contributed by atoms with van der Waals surface area (Å²) < 4.78 is 4.77. The largest absolute Gasteiger partial charge is 0.469 e. The lowest BCUT2D eigenvalue weighted by Crippen LogP contribution is -2.49. The second-order valence-electron chi connectivity index (χ2n) is 7.41. The first kappa shape index (κ1) is 19.2. The van der Waals surface area contributed by atoms with Crippen LogP contribution in [0.25, 0.3) is 0 Å². The Morgan fingerprint density at radius 2 is 1.85 bits per heavy atom. The smallest absolute Gasteiger partial charge is 0.317 e. The Labute approximate surface area is 159 Å². The Balaban J connectivity index is 1.54. The highest BCUT2D eigenvalue weighted by Gasteiger charge is 2.34. The Kier molecular flexibility index (Phi) is 5.68. The summed E-state index contributed by atoms with van der Waals surface area (Å²) in [5.41, 5.74) is 3.20. The van der Waals surface area contributed by atoms with E-state index in [4.69, 9.17) is 4.74 Å². The molecule has 2 aliphatic rings. The number of ether oxygens (including phenoxy) is 1. The third-order valence-electron chi connectivity index (χ3n) is 5.57. The van der Waals surface area contributed by atoms with E-state index in [0.29, 0.717) is 38.9 Å². The maximum Gasteiger partial charge on any atom is 0.317 e. The molecule has 1 aromatic carbocycles. The molecule has 3 rings (SSSR count). The van der Waals surface area contributed by atoms with Crippen LogP contribution in [0.4, 0.5) is 10.5 Å². The number of hydrogen-bond acceptors (Lipinski definition) is 4. The molecule has 1 aromatic rings. The number of nitrogens with zero attached hydrogens (tertiary/aromatic N) is 2. The first-order chi connectivity index (χ1) is 12.9. The number of urea groups is 1. The Hall–Kier alpha value is -2.57. The topological polar surface area (TPSA) is 79.0 Å². The van der Waals surface area contributed by atoms with Crippen LogP contribution in [0, 0.1) is 19.8 Å². The second kappa shape index (κ2) is 7.98. The molecular weight excluding hydrogens is 346 g/mol. The molecule has 0 radical (unpaired) electrons. The number of aryl methyl sites for hydroxylation is 2. The van der Waals surface area contributed by atoms with Crippen LogP contribution in [0.5, 0.6) is 0 Å². The minimum atomic E-state index is -0.208. The number of benzene rings is 1. The summed E-state index contributed by atoms with van der Waals surface area (Å²) in [4.78, 5) is 40.0. The molecule has 0 aliphatic carbocycles. The fourth-order valence-electron chi connectivity index (χ4n) is 3.70. The van der Waals surface area contributed by atoms with Crippen molar-refractivity contribution >= 4 is 23.6 Å². The van der Waals surface area contributed by atoms with E-state index < -0.39 is 0 Å². The molecule has 3 amide bonds. The molecule has 7 nitrogen and oxygen atoms in total. The summed E-state index contributed by atoms with van der Waals surface area (Å²) in [6.07, 6.45) is 1.52. The van der Waals surface area contributed by atoms with E-state index in [1.54, 1.807) is 9.80 Å². The van der Waals surface area contributed by atoms with Crippen molar-refractivity contribution in [3.63, 3.8) is 0 Å². The Morgan fingerprint density at radius 3 is 2.48 bits per heavy atom. The SMILES string of the molecule is COC(=O)C1CCN(C(=O)N[C@H]2CC(=O)N(c3ccc(C)c(C)c3)C2)CC1. The number of carbonyl (C=O) groups is 3. The van der Waals surface area contributed by atoms with Crippen LogP contribution in [0.2, 0.25) is 0 Å². The van der Waals surface area contributed by atoms with Crippen molar-refractivity contribution < 1.29 is 19.1 Å². The molecule has 0 unspecified atom stereocenters. The highest BCUT2D eigenvalue weighted by molar-refractivity contribution is 5.97. The van der Waals surface area contributed by atoms with E-state index in [9.17, 15) is 14.4 Å². The lowest BCUT2D eigenvalue weighted by molar-refractivity contribution is -0.146. The van der Waals surface area contributed by atoms with E-state index in [1.165, 1.54) is 12.7 Å². The molecule has 0 saturated carbocycles. The number of likely N-dealkylation sites (tertiary alicyclic amines) is 1. The average molecular weight is 373 g/mol. The van der Waals surface area contributed by atoms with Crippen molar-refractivity contribution in [3.05, 3.63) is 29.3 Å². The zero-order chi connectivity index (χ0) is 19.6. The van der Waals surface area contributed by atoms with E-state index >= 15 is 0 Å². The van der Waals surface area contributed by atoms with E-state index in [0.717, 1.165) is 11.3 Å². The van der Waals surface area contributed by atoms with Gasteiger partial charge in [-0.25, -0.2) is 4.79 Å². The van der Waals surface area contributed by atoms with Gasteiger partial charge in [-0.1, -0.05) is 6.07 Å². The van der Waals surface area contributed by atoms with Crippen LogP contribution in [0.3, 0.4) is 0 Å². The predicted octanol–water partition coefficient (Wildman–Crippen LogP) is 2.00. The number of rotatable bonds is 3. The summed E-state index contributed by atoms with van der Waals surface area (Å²) in [5, 5.41) is 2.97. The zero-order valence-corrected chi connectivity index (χ0v) is 16.2. The van der Waals surface area contributed by atoms with E-state index in [-0.39, 0.29) is 29.9 Å². The summed E-state index contributed by atoms with van der Waals surface area (Å²) in [6, 6.07) is 5.59. The molecule has 1 atom stereocenters. The van der Waals surface area contributed by atoms with Crippen LogP contribution >= 0.6 is 0 Å². The fourth-order valence-corrected chi connectivity index (χ4v) is 3.70. The summed E-state index contributed by atoms with van der Waals surface area (Å²) in [5.74, 6) is -0.319. The summed E-state index contributed by atoms with van der Waals surface area (Å²) in [6.45, 7) is 5.58. The van der Waals surface area contributed by atoms with Crippen molar-refractivity contribution in [1.82, 2.24) is 10.2 Å². The first-order valence-electron chi connectivity index (χ1n) is 9.40. The van der Waals surface area contributed by atoms with Gasteiger partial charge >= 0.3 is 12.0 Å². The van der Waals surface area contributed by atoms with Gasteiger partial charge in [0.15, 0.2) is 0 Å². The van der Waals surface area contributed by atoms with Crippen molar-refractivity contribution in [2.45, 2.75) is 39.2 Å². The van der Waals surface area contributed by atoms with Crippen molar-refractivity contribution in [1.29, 1.82) is 0 Å². The van der Waals surface area contributed by atoms with Crippen LogP contribution in [-0.4, -0.2) is 55.6 Å². The number of methoxy groups -OCH3 is 1. The van der Waals surface area contributed by atoms with Crippen LogP contribution in [0.15, 0.2) is 18.2 Å². The maximum absolute atomic E-state index is 12.5. The maximum atomic E-state index is 12.5. The number of nitrogens with one attached hydrogen (secondary N) is 1. The minimum Gasteiger partial charge on any atom is -0.469 e. The number of hydrogen-bond donors (Lipinski definition) is 1. The van der Waals surface area contributed by atoms with Gasteiger partial charge in [-0.2, -0.15) is 0 Å². The highest BCUT2D eigenvalue weighted by Crippen LogP contribution is 2.24. The molecular formula is C20H27N3O4. The standard InChI is InChI=1S/C20H27N3O4/c1-13-4-5-17(10-14(13)2)23-12-16(11-18(23)24)21-20(26)22-8-6-15(7-9-22)19(25)27-3/h4-5,10,15-16H,6-9,11-12H2,1-3H3,(H,21,26)/t16-/m0/s1. The third-order valence-corrected chi connectivity index (χ3v) is 5.57. The van der Waals surface area contributed by atoms with Gasteiger partial charge < -0.3 is 19.9 Å². The average Bonchev–Trinajstić information content (AvgIpc) is 3.03. The monoisotopic (exact) mass is 373 g/mol. The van der Waals surface area contributed by atoms with Crippen LogP contribution in [-0.2, 0) is 14.3 Å². The molecule has 7 heteroatoms. The zero-order valence-electron chi connectivity index (χ0n) is 16.2. The quantitative estimate of drug-likeness (QED) is 0.822. The van der Waals surface area contributed by atoms with Crippen LogP contribution in [0.1, 0.15) is 30.4 Å². The second-order valence-corrected chi connectivity index (χ2v) is 7.41. The lowest BCUT2D eigenvalue weighted by Gasteiger charge is -2.31. The minimum absolute atomic E-state index is 0.0213. The molecule has 1 N–H and O–H groups in total. The summed E-state index contributed by atoms with van der Waals surface area (Å²) >= 11 is 0. The van der Waals surface area contributed by atoms with Gasteiger partial charge in [-0.15, -0.1) is 0 Å².